The number of aliphatic hydroxyl groups excluding tert-OH is 1. The molecule has 8 heteroatoms. The predicted octanol–water partition coefficient (Wildman–Crippen LogP) is 5.51. The van der Waals surface area contributed by atoms with Crippen LogP contribution in [0, 0.1) is 6.92 Å². The van der Waals surface area contributed by atoms with E-state index < -0.39 is 0 Å². The standard InChI is InChI=1S/C28H27NO6S/c1-17-5-4-6-19-20(16-36-28(17)19)27-25(33-2)12-8-21(29-27)23(32)10-9-22(31)18-7-11-24(35-14-13-30)26(15-18)34-3/h4-8,11-12,15-16,30H,9-10,13-14H2,1-3H3. The van der Waals surface area contributed by atoms with Gasteiger partial charge in [0.2, 0.25) is 0 Å². The molecule has 0 radical (unpaired) electrons. The highest BCUT2D eigenvalue weighted by atomic mass is 32.1. The zero-order valence-corrected chi connectivity index (χ0v) is 21.2. The van der Waals surface area contributed by atoms with Crippen LogP contribution in [0.4, 0.5) is 0 Å². The minimum Gasteiger partial charge on any atom is -0.494 e. The lowest BCUT2D eigenvalue weighted by atomic mass is 10.0. The van der Waals surface area contributed by atoms with Gasteiger partial charge in [-0.05, 0) is 42.8 Å². The number of rotatable bonds is 11. The molecule has 0 amide bonds. The summed E-state index contributed by atoms with van der Waals surface area (Å²) in [6.07, 6.45) is 0.0502. The Morgan fingerprint density at radius 3 is 2.44 bits per heavy atom. The highest BCUT2D eigenvalue weighted by molar-refractivity contribution is 7.18. The third-order valence-electron chi connectivity index (χ3n) is 5.83. The Labute approximate surface area is 213 Å². The molecule has 0 aliphatic carbocycles. The molecule has 7 nitrogen and oxygen atoms in total. The van der Waals surface area contributed by atoms with Gasteiger partial charge in [0.05, 0.1) is 20.8 Å². The summed E-state index contributed by atoms with van der Waals surface area (Å²) in [5.41, 5.74) is 3.40. The summed E-state index contributed by atoms with van der Waals surface area (Å²) in [6.45, 7) is 2.06. The van der Waals surface area contributed by atoms with Crippen LogP contribution in [0.15, 0.2) is 53.9 Å². The van der Waals surface area contributed by atoms with E-state index in [4.69, 9.17) is 19.3 Å². The molecule has 2 aromatic heterocycles. The van der Waals surface area contributed by atoms with Crippen molar-refractivity contribution in [1.29, 1.82) is 0 Å². The van der Waals surface area contributed by atoms with Gasteiger partial charge in [0.15, 0.2) is 23.1 Å². The molecular weight excluding hydrogens is 478 g/mol. The largest absolute Gasteiger partial charge is 0.494 e. The van der Waals surface area contributed by atoms with E-state index in [0.29, 0.717) is 28.5 Å². The number of carbonyl (C=O) groups is 2. The molecule has 2 aromatic carbocycles. The van der Waals surface area contributed by atoms with Gasteiger partial charge in [-0.1, -0.05) is 18.2 Å². The topological polar surface area (TPSA) is 95.0 Å². The molecule has 0 fully saturated rings. The molecule has 36 heavy (non-hydrogen) atoms. The summed E-state index contributed by atoms with van der Waals surface area (Å²) in [5, 5.41) is 12.0. The zero-order valence-electron chi connectivity index (χ0n) is 20.4. The smallest absolute Gasteiger partial charge is 0.181 e. The Kier molecular flexibility index (Phi) is 7.97. The highest BCUT2D eigenvalue weighted by Gasteiger charge is 2.19. The van der Waals surface area contributed by atoms with Gasteiger partial charge in [-0.15, -0.1) is 11.3 Å². The van der Waals surface area contributed by atoms with Crippen molar-refractivity contribution in [2.75, 3.05) is 27.4 Å². The Morgan fingerprint density at radius 1 is 0.944 bits per heavy atom. The quantitative estimate of drug-likeness (QED) is 0.269. The van der Waals surface area contributed by atoms with Crippen molar-refractivity contribution < 1.29 is 28.9 Å². The number of benzene rings is 2. The van der Waals surface area contributed by atoms with Crippen LogP contribution in [0.5, 0.6) is 17.2 Å². The van der Waals surface area contributed by atoms with Crippen molar-refractivity contribution in [2.24, 2.45) is 0 Å². The molecular formula is C28H27NO6S. The fraction of sp³-hybridized carbons (Fsp3) is 0.250. The van der Waals surface area contributed by atoms with E-state index in [2.05, 4.69) is 18.0 Å². The number of hydrogen-bond donors (Lipinski definition) is 1. The molecule has 0 saturated heterocycles. The van der Waals surface area contributed by atoms with Crippen LogP contribution >= 0.6 is 11.3 Å². The number of aromatic nitrogens is 1. The lowest BCUT2D eigenvalue weighted by molar-refractivity contribution is 0.0914. The SMILES string of the molecule is COc1cc(C(=O)CCC(=O)c2ccc(OC)c(-c3csc4c(C)cccc34)n2)ccc1OCCO. The molecule has 0 aliphatic heterocycles. The van der Waals surface area contributed by atoms with Gasteiger partial charge in [0, 0.05) is 39.4 Å². The number of Topliss-reactive ketones (excluding diaryl/α,β-unsaturated/α-hetero) is 2. The lowest BCUT2D eigenvalue weighted by Crippen LogP contribution is -2.08. The van der Waals surface area contributed by atoms with E-state index in [1.165, 1.54) is 17.4 Å². The fourth-order valence-corrected chi connectivity index (χ4v) is 4.99. The Hall–Kier alpha value is -3.75. The van der Waals surface area contributed by atoms with Gasteiger partial charge in [-0.2, -0.15) is 0 Å². The van der Waals surface area contributed by atoms with E-state index in [0.717, 1.165) is 10.9 Å². The molecule has 0 unspecified atom stereocenters. The first-order chi connectivity index (χ1) is 17.5. The van der Waals surface area contributed by atoms with E-state index in [-0.39, 0.29) is 43.3 Å². The van der Waals surface area contributed by atoms with Crippen LogP contribution in [0.3, 0.4) is 0 Å². The first-order valence-corrected chi connectivity index (χ1v) is 12.3. The molecule has 0 spiro atoms. The van der Waals surface area contributed by atoms with E-state index >= 15 is 0 Å². The van der Waals surface area contributed by atoms with Gasteiger partial charge in [-0.25, -0.2) is 4.98 Å². The first kappa shape index (κ1) is 25.3. The van der Waals surface area contributed by atoms with Crippen LogP contribution < -0.4 is 14.2 Å². The van der Waals surface area contributed by atoms with Crippen molar-refractivity contribution >= 4 is 33.0 Å². The Balaban J connectivity index is 1.52. The third kappa shape index (κ3) is 5.24. The normalized spacial score (nSPS) is 10.9. The van der Waals surface area contributed by atoms with Gasteiger partial charge in [0.1, 0.15) is 23.7 Å². The molecule has 186 valence electrons. The highest BCUT2D eigenvalue weighted by Crippen LogP contribution is 2.39. The van der Waals surface area contributed by atoms with E-state index in [9.17, 15) is 9.59 Å². The second kappa shape index (κ2) is 11.3. The Bertz CT molecular complexity index is 1410. The van der Waals surface area contributed by atoms with E-state index in [1.54, 1.807) is 48.8 Å². The van der Waals surface area contributed by atoms with Crippen LogP contribution in [0.2, 0.25) is 0 Å². The first-order valence-electron chi connectivity index (χ1n) is 11.5. The summed E-state index contributed by atoms with van der Waals surface area (Å²) in [7, 11) is 3.05. The third-order valence-corrected chi connectivity index (χ3v) is 6.96. The number of pyridine rings is 1. The number of aryl methyl sites for hydroxylation is 1. The molecule has 4 aromatic rings. The van der Waals surface area contributed by atoms with Gasteiger partial charge < -0.3 is 19.3 Å². The summed E-state index contributed by atoms with van der Waals surface area (Å²) < 4.78 is 17.4. The molecule has 0 aliphatic rings. The second-order valence-electron chi connectivity index (χ2n) is 8.13. The number of thiophene rings is 1. The number of carbonyl (C=O) groups excluding carboxylic acids is 2. The van der Waals surface area contributed by atoms with Gasteiger partial charge in [0.25, 0.3) is 0 Å². The Morgan fingerprint density at radius 2 is 1.69 bits per heavy atom. The zero-order chi connectivity index (χ0) is 25.7. The minimum atomic E-state index is -0.224. The van der Waals surface area contributed by atoms with Crippen molar-refractivity contribution in [3.8, 4) is 28.5 Å². The monoisotopic (exact) mass is 505 g/mol. The summed E-state index contributed by atoms with van der Waals surface area (Å²) in [6, 6.07) is 14.3. The summed E-state index contributed by atoms with van der Waals surface area (Å²) >= 11 is 1.63. The number of hydrogen-bond acceptors (Lipinski definition) is 8. The number of fused-ring (bicyclic) bond motifs is 1. The molecule has 0 bridgehead atoms. The summed E-state index contributed by atoms with van der Waals surface area (Å²) in [5.74, 6) is 0.992. The molecule has 0 atom stereocenters. The number of ether oxygens (including phenoxy) is 3. The van der Waals surface area contributed by atoms with Crippen molar-refractivity contribution in [2.45, 2.75) is 19.8 Å². The summed E-state index contributed by atoms with van der Waals surface area (Å²) in [4.78, 5) is 30.4. The number of methoxy groups -OCH3 is 2. The van der Waals surface area contributed by atoms with E-state index in [1.807, 2.05) is 17.5 Å². The fourth-order valence-electron chi connectivity index (χ4n) is 3.96. The number of nitrogens with zero attached hydrogens (tertiary/aromatic N) is 1. The average Bonchev–Trinajstić information content (AvgIpc) is 3.35. The second-order valence-corrected chi connectivity index (χ2v) is 9.01. The predicted molar refractivity (Wildman–Crippen MR) is 140 cm³/mol. The van der Waals surface area contributed by atoms with Crippen LogP contribution in [0.1, 0.15) is 39.3 Å². The van der Waals surface area contributed by atoms with Crippen LogP contribution in [0.25, 0.3) is 21.3 Å². The van der Waals surface area contributed by atoms with Crippen LogP contribution in [-0.2, 0) is 0 Å². The van der Waals surface area contributed by atoms with Gasteiger partial charge in [-0.3, -0.25) is 9.59 Å². The van der Waals surface area contributed by atoms with Gasteiger partial charge >= 0.3 is 0 Å². The maximum Gasteiger partial charge on any atom is 0.181 e. The molecule has 1 N–H and O–H groups in total. The maximum atomic E-state index is 13.0. The average molecular weight is 506 g/mol. The number of aliphatic hydroxyl groups is 1. The van der Waals surface area contributed by atoms with Crippen molar-refractivity contribution in [1.82, 2.24) is 4.98 Å². The molecule has 2 heterocycles. The molecule has 4 rings (SSSR count). The van der Waals surface area contributed by atoms with Crippen molar-refractivity contribution in [3.05, 3.63) is 70.7 Å². The number of ketones is 2. The lowest BCUT2D eigenvalue weighted by Gasteiger charge is -2.11. The maximum absolute atomic E-state index is 13.0. The van der Waals surface area contributed by atoms with Crippen molar-refractivity contribution in [3.63, 3.8) is 0 Å². The molecule has 0 saturated carbocycles. The minimum absolute atomic E-state index is 0.0200. The van der Waals surface area contributed by atoms with Crippen LogP contribution in [-0.4, -0.2) is 49.1 Å².